The van der Waals surface area contributed by atoms with Crippen LogP contribution in [0.5, 0.6) is 0 Å². The molecule has 0 aliphatic heterocycles. The summed E-state index contributed by atoms with van der Waals surface area (Å²) >= 11 is 3.31. The van der Waals surface area contributed by atoms with Gasteiger partial charge in [0.25, 0.3) is 0 Å². The lowest BCUT2D eigenvalue weighted by atomic mass is 10.2. The highest BCUT2D eigenvalue weighted by atomic mass is 32.2. The van der Waals surface area contributed by atoms with E-state index < -0.39 is 0 Å². The van der Waals surface area contributed by atoms with Gasteiger partial charge in [0.15, 0.2) is 0 Å². The first-order valence-corrected chi connectivity index (χ1v) is 9.73. The van der Waals surface area contributed by atoms with Gasteiger partial charge in [-0.3, -0.25) is 0 Å². The Hall–Kier alpha value is -1.73. The number of anilines is 1. The molecule has 134 valence electrons. The molecule has 2 rings (SSSR count). The maximum atomic E-state index is 11.7. The summed E-state index contributed by atoms with van der Waals surface area (Å²) in [6.07, 6.45) is 0. The van der Waals surface area contributed by atoms with Gasteiger partial charge >= 0.3 is 6.03 Å². The number of hydrogen-bond donors (Lipinski definition) is 1. The van der Waals surface area contributed by atoms with E-state index in [1.165, 1.54) is 4.90 Å². The van der Waals surface area contributed by atoms with Crippen molar-refractivity contribution >= 4 is 35.2 Å². The summed E-state index contributed by atoms with van der Waals surface area (Å²) in [5, 5.41) is 13.9. The number of rotatable bonds is 5. The fourth-order valence-electron chi connectivity index (χ4n) is 2.03. The number of benzene rings is 1. The minimum atomic E-state index is -0.139. The van der Waals surface area contributed by atoms with Crippen molar-refractivity contribution in [2.75, 3.05) is 19.4 Å². The number of carbonyl (C=O) groups excluding carboxylic acids is 1. The van der Waals surface area contributed by atoms with Gasteiger partial charge in [0.05, 0.1) is 0 Å². The molecule has 7 heteroatoms. The zero-order valence-electron chi connectivity index (χ0n) is 15.5. The summed E-state index contributed by atoms with van der Waals surface area (Å²) in [4.78, 5) is 14.3. The van der Waals surface area contributed by atoms with Crippen LogP contribution in [0.1, 0.15) is 25.0 Å². The van der Waals surface area contributed by atoms with Crippen molar-refractivity contribution in [1.82, 2.24) is 15.1 Å². The van der Waals surface area contributed by atoms with Crippen LogP contribution in [0.15, 0.2) is 39.2 Å². The molecule has 2 amide bonds. The third kappa shape index (κ3) is 5.64. The molecule has 1 N–H and O–H groups in total. The van der Waals surface area contributed by atoms with E-state index in [0.29, 0.717) is 5.25 Å². The number of urea groups is 1. The van der Waals surface area contributed by atoms with Crippen molar-refractivity contribution in [2.45, 2.75) is 47.9 Å². The maximum Gasteiger partial charge on any atom is 0.321 e. The lowest BCUT2D eigenvalue weighted by Crippen LogP contribution is -2.27. The Balaban J connectivity index is 2.12. The monoisotopic (exact) mass is 376 g/mol. The van der Waals surface area contributed by atoms with Crippen LogP contribution in [-0.2, 0) is 0 Å². The van der Waals surface area contributed by atoms with E-state index >= 15 is 0 Å². The standard InChI is InChI=1S/C18H24N4OS2/c1-11(2)24-17-13(4)10-16(20-21-17)25-15-8-7-14(9-12(15)3)19-18(23)22(5)6/h7-11H,1-6H3,(H,19,23). The first-order valence-electron chi connectivity index (χ1n) is 8.04. The van der Waals surface area contributed by atoms with Gasteiger partial charge in [0, 0.05) is 29.9 Å². The molecule has 1 heterocycles. The van der Waals surface area contributed by atoms with Crippen molar-refractivity contribution in [3.05, 3.63) is 35.4 Å². The first-order chi connectivity index (χ1) is 11.8. The SMILES string of the molecule is Cc1cc(NC(=O)N(C)C)ccc1Sc1cc(C)c(SC(C)C)nn1. The van der Waals surface area contributed by atoms with Gasteiger partial charge in [-0.25, -0.2) is 4.79 Å². The predicted octanol–water partition coefficient (Wildman–Crippen LogP) is 4.84. The van der Waals surface area contributed by atoms with Crippen LogP contribution in [0, 0.1) is 13.8 Å². The normalized spacial score (nSPS) is 10.8. The van der Waals surface area contributed by atoms with Gasteiger partial charge in [-0.15, -0.1) is 22.0 Å². The number of hydrogen-bond acceptors (Lipinski definition) is 5. The van der Waals surface area contributed by atoms with Crippen LogP contribution in [0.25, 0.3) is 0 Å². The quantitative estimate of drug-likeness (QED) is 0.757. The lowest BCUT2D eigenvalue weighted by molar-refractivity contribution is 0.230. The number of nitrogens with zero attached hydrogens (tertiary/aromatic N) is 3. The van der Waals surface area contributed by atoms with E-state index in [4.69, 9.17) is 0 Å². The second-order valence-corrected chi connectivity index (χ2v) is 8.87. The van der Waals surface area contributed by atoms with Gasteiger partial charge in [-0.2, -0.15) is 0 Å². The van der Waals surface area contributed by atoms with E-state index in [2.05, 4.69) is 42.4 Å². The molecule has 1 aromatic heterocycles. The van der Waals surface area contributed by atoms with Gasteiger partial charge < -0.3 is 10.2 Å². The number of nitrogens with one attached hydrogen (secondary N) is 1. The Morgan fingerprint density at radius 3 is 2.40 bits per heavy atom. The summed E-state index contributed by atoms with van der Waals surface area (Å²) in [5.41, 5.74) is 3.01. The number of thioether (sulfide) groups is 1. The third-order valence-corrected chi connectivity index (χ3v) is 5.50. The van der Waals surface area contributed by atoms with Crippen molar-refractivity contribution in [2.24, 2.45) is 0 Å². The van der Waals surface area contributed by atoms with Gasteiger partial charge in [0.1, 0.15) is 10.1 Å². The Morgan fingerprint density at radius 1 is 1.12 bits per heavy atom. The molecule has 0 atom stereocenters. The number of carbonyl (C=O) groups is 1. The van der Waals surface area contributed by atoms with Crippen LogP contribution in [0.2, 0.25) is 0 Å². The lowest BCUT2D eigenvalue weighted by Gasteiger charge is -2.13. The molecule has 0 unspecified atom stereocenters. The Morgan fingerprint density at radius 2 is 1.84 bits per heavy atom. The van der Waals surface area contributed by atoms with E-state index in [1.54, 1.807) is 37.6 Å². The third-order valence-electron chi connectivity index (χ3n) is 3.31. The minimum Gasteiger partial charge on any atom is -0.331 e. The molecular weight excluding hydrogens is 352 g/mol. The molecule has 0 radical (unpaired) electrons. The molecule has 0 saturated carbocycles. The van der Waals surface area contributed by atoms with Crippen LogP contribution in [0.4, 0.5) is 10.5 Å². The molecule has 25 heavy (non-hydrogen) atoms. The van der Waals surface area contributed by atoms with Crippen LogP contribution in [0.3, 0.4) is 0 Å². The molecular formula is C18H24N4OS2. The molecule has 0 saturated heterocycles. The van der Waals surface area contributed by atoms with Crippen molar-refractivity contribution in [1.29, 1.82) is 0 Å². The predicted molar refractivity (Wildman–Crippen MR) is 106 cm³/mol. The second kappa shape index (κ2) is 8.58. The van der Waals surface area contributed by atoms with Crippen LogP contribution >= 0.6 is 23.5 Å². The zero-order chi connectivity index (χ0) is 18.6. The molecule has 1 aromatic carbocycles. The Bertz CT molecular complexity index is 763. The Kier molecular flexibility index (Phi) is 6.72. The molecule has 0 spiro atoms. The smallest absolute Gasteiger partial charge is 0.321 e. The fraction of sp³-hybridized carbons (Fsp3) is 0.389. The summed E-state index contributed by atoms with van der Waals surface area (Å²) in [7, 11) is 3.43. The first kappa shape index (κ1) is 19.6. The van der Waals surface area contributed by atoms with Crippen LogP contribution in [-0.4, -0.2) is 40.5 Å². The van der Waals surface area contributed by atoms with Gasteiger partial charge in [0.2, 0.25) is 0 Å². The number of aryl methyl sites for hydroxylation is 2. The number of aromatic nitrogens is 2. The average Bonchev–Trinajstić information content (AvgIpc) is 2.52. The number of amides is 2. The minimum absolute atomic E-state index is 0.139. The van der Waals surface area contributed by atoms with E-state index in [9.17, 15) is 4.79 Å². The molecule has 2 aromatic rings. The van der Waals surface area contributed by atoms with Gasteiger partial charge in [-0.1, -0.05) is 25.6 Å². The topological polar surface area (TPSA) is 58.1 Å². The van der Waals surface area contributed by atoms with Crippen LogP contribution < -0.4 is 5.32 Å². The van der Waals surface area contributed by atoms with Gasteiger partial charge in [-0.05, 0) is 49.2 Å². The highest BCUT2D eigenvalue weighted by Crippen LogP contribution is 2.32. The highest BCUT2D eigenvalue weighted by Gasteiger charge is 2.10. The molecule has 5 nitrogen and oxygen atoms in total. The zero-order valence-corrected chi connectivity index (χ0v) is 17.1. The summed E-state index contributed by atoms with van der Waals surface area (Å²) < 4.78 is 0. The summed E-state index contributed by atoms with van der Waals surface area (Å²) in [6, 6.07) is 7.80. The Labute approximate surface area is 158 Å². The molecule has 0 aliphatic rings. The summed E-state index contributed by atoms with van der Waals surface area (Å²) in [5.74, 6) is 0. The molecule has 0 fully saturated rings. The summed E-state index contributed by atoms with van der Waals surface area (Å²) in [6.45, 7) is 8.38. The van der Waals surface area contributed by atoms with Crippen molar-refractivity contribution in [3.8, 4) is 0 Å². The van der Waals surface area contributed by atoms with E-state index in [-0.39, 0.29) is 6.03 Å². The van der Waals surface area contributed by atoms with E-state index in [0.717, 1.165) is 31.8 Å². The molecule has 0 aliphatic carbocycles. The molecule has 0 bridgehead atoms. The largest absolute Gasteiger partial charge is 0.331 e. The fourth-order valence-corrected chi connectivity index (χ4v) is 3.71. The second-order valence-electron chi connectivity index (χ2n) is 6.24. The van der Waals surface area contributed by atoms with E-state index in [1.807, 2.05) is 25.1 Å². The maximum absolute atomic E-state index is 11.7. The van der Waals surface area contributed by atoms with Crippen molar-refractivity contribution in [3.63, 3.8) is 0 Å². The van der Waals surface area contributed by atoms with Crippen molar-refractivity contribution < 1.29 is 4.79 Å². The average molecular weight is 377 g/mol. The highest BCUT2D eigenvalue weighted by molar-refractivity contribution is 8.00.